The molecule has 1 aliphatic heterocycles. The van der Waals surface area contributed by atoms with Crippen molar-refractivity contribution in [3.05, 3.63) is 117 Å². The van der Waals surface area contributed by atoms with Gasteiger partial charge in [0, 0.05) is 44.2 Å². The second kappa shape index (κ2) is 8.91. The number of hydrogen-bond acceptors (Lipinski definition) is 5. The summed E-state index contributed by atoms with van der Waals surface area (Å²) >= 11 is 9.47. The van der Waals surface area contributed by atoms with E-state index in [9.17, 15) is 14.4 Å². The standard InChI is InChI=1S/C30H21BrClNO4/c1-33-16-23(27(34)18-6-10-19(31)11-7-18)26(25-15-14-24(37-25)17-8-12-20(32)13-9-17)30(33)28(35)21-4-2-3-5-22(21)29(30)36/h2-15,23,26H,16H2,1H3/t23-,26-/m0/s1. The van der Waals surface area contributed by atoms with Crippen LogP contribution in [-0.4, -0.2) is 41.4 Å². The van der Waals surface area contributed by atoms with Gasteiger partial charge in [0.25, 0.3) is 0 Å². The summed E-state index contributed by atoms with van der Waals surface area (Å²) < 4.78 is 7.18. The van der Waals surface area contributed by atoms with Crippen LogP contribution >= 0.6 is 27.5 Å². The van der Waals surface area contributed by atoms with Crippen molar-refractivity contribution in [3.63, 3.8) is 0 Å². The van der Waals surface area contributed by atoms with Crippen molar-refractivity contribution in [1.82, 2.24) is 4.90 Å². The maximum absolute atomic E-state index is 14.1. The van der Waals surface area contributed by atoms with E-state index in [-0.39, 0.29) is 23.9 Å². The molecule has 0 radical (unpaired) electrons. The summed E-state index contributed by atoms with van der Waals surface area (Å²) in [5, 5.41) is 0.604. The van der Waals surface area contributed by atoms with E-state index in [4.69, 9.17) is 16.0 Å². The molecule has 0 N–H and O–H groups in total. The molecule has 1 aliphatic carbocycles. The Morgan fingerprint density at radius 3 is 2.16 bits per heavy atom. The predicted octanol–water partition coefficient (Wildman–Crippen LogP) is 6.71. The number of ketones is 3. The van der Waals surface area contributed by atoms with Crippen molar-refractivity contribution in [1.29, 1.82) is 0 Å². The third-order valence-corrected chi connectivity index (χ3v) is 8.34. The van der Waals surface area contributed by atoms with Crippen LogP contribution in [0.5, 0.6) is 0 Å². The molecule has 0 unspecified atom stereocenters. The molecular formula is C30H21BrClNO4. The van der Waals surface area contributed by atoms with Crippen molar-refractivity contribution in [2.75, 3.05) is 13.6 Å². The summed E-state index contributed by atoms with van der Waals surface area (Å²) in [6, 6.07) is 24.8. The molecule has 2 aliphatic rings. The third-order valence-electron chi connectivity index (χ3n) is 7.56. The molecule has 2 heterocycles. The minimum absolute atomic E-state index is 0.137. The lowest BCUT2D eigenvalue weighted by Crippen LogP contribution is -2.54. The number of carbonyl (C=O) groups excluding carboxylic acids is 3. The number of likely N-dealkylation sites (N-methyl/N-ethyl adjacent to an activating group) is 1. The van der Waals surface area contributed by atoms with E-state index in [0.717, 1.165) is 10.0 Å². The highest BCUT2D eigenvalue weighted by atomic mass is 79.9. The van der Waals surface area contributed by atoms with Gasteiger partial charge in [-0.3, -0.25) is 19.3 Å². The maximum Gasteiger partial charge on any atom is 0.192 e. The normalized spacial score (nSPS) is 20.5. The first kappa shape index (κ1) is 24.0. The molecule has 1 fully saturated rings. The topological polar surface area (TPSA) is 67.6 Å². The lowest BCUT2D eigenvalue weighted by Gasteiger charge is -2.33. The molecule has 184 valence electrons. The molecular weight excluding hydrogens is 554 g/mol. The van der Waals surface area contributed by atoms with Gasteiger partial charge in [0.1, 0.15) is 11.5 Å². The Morgan fingerprint density at radius 1 is 0.919 bits per heavy atom. The van der Waals surface area contributed by atoms with E-state index in [1.807, 2.05) is 30.3 Å². The highest BCUT2D eigenvalue weighted by molar-refractivity contribution is 9.10. The maximum atomic E-state index is 14.1. The van der Waals surface area contributed by atoms with Crippen LogP contribution in [0.1, 0.15) is 42.8 Å². The van der Waals surface area contributed by atoms with Gasteiger partial charge >= 0.3 is 0 Å². The zero-order valence-electron chi connectivity index (χ0n) is 19.8. The summed E-state index contributed by atoms with van der Waals surface area (Å²) in [5.41, 5.74) is 0.521. The molecule has 5 nitrogen and oxygen atoms in total. The molecule has 4 aromatic rings. The fourth-order valence-corrected chi connectivity index (χ4v) is 6.24. The zero-order chi connectivity index (χ0) is 25.9. The molecule has 0 bridgehead atoms. The van der Waals surface area contributed by atoms with Crippen LogP contribution in [0.2, 0.25) is 5.02 Å². The van der Waals surface area contributed by atoms with Crippen LogP contribution in [0.25, 0.3) is 11.3 Å². The number of hydrogen-bond donors (Lipinski definition) is 0. The number of halogens is 2. The van der Waals surface area contributed by atoms with E-state index >= 15 is 0 Å². The summed E-state index contributed by atoms with van der Waals surface area (Å²) in [4.78, 5) is 43.8. The molecule has 7 heteroatoms. The fourth-order valence-electron chi connectivity index (χ4n) is 5.85. The molecule has 37 heavy (non-hydrogen) atoms. The lowest BCUT2D eigenvalue weighted by molar-refractivity contribution is 0.0594. The molecule has 1 saturated heterocycles. The Kier molecular flexibility index (Phi) is 5.79. The van der Waals surface area contributed by atoms with Crippen LogP contribution in [-0.2, 0) is 0 Å². The van der Waals surface area contributed by atoms with Crippen molar-refractivity contribution in [3.8, 4) is 11.3 Å². The highest BCUT2D eigenvalue weighted by Crippen LogP contribution is 2.53. The fraction of sp³-hybridized carbons (Fsp3) is 0.167. The number of nitrogens with zero attached hydrogens (tertiary/aromatic N) is 1. The molecule has 2 atom stereocenters. The van der Waals surface area contributed by atoms with E-state index in [2.05, 4.69) is 15.9 Å². The molecule has 0 amide bonds. The molecule has 1 spiro atoms. The van der Waals surface area contributed by atoms with Gasteiger partial charge in [-0.25, -0.2) is 0 Å². The first-order valence-electron chi connectivity index (χ1n) is 11.9. The Hall–Kier alpha value is -3.32. The Balaban J connectivity index is 1.51. The Labute approximate surface area is 227 Å². The third kappa shape index (κ3) is 3.58. The summed E-state index contributed by atoms with van der Waals surface area (Å²) in [7, 11) is 1.74. The van der Waals surface area contributed by atoms with Gasteiger partial charge < -0.3 is 4.42 Å². The van der Waals surface area contributed by atoms with Gasteiger partial charge in [-0.15, -0.1) is 0 Å². The van der Waals surface area contributed by atoms with Gasteiger partial charge in [-0.05, 0) is 55.6 Å². The van der Waals surface area contributed by atoms with Crippen LogP contribution in [0.15, 0.2) is 93.8 Å². The first-order valence-corrected chi connectivity index (χ1v) is 13.0. The lowest BCUT2D eigenvalue weighted by atomic mass is 9.73. The van der Waals surface area contributed by atoms with Crippen molar-refractivity contribution < 1.29 is 18.8 Å². The Bertz CT molecular complexity index is 1520. The number of Topliss-reactive ketones (excluding diaryl/α,β-unsaturated/α-hetero) is 3. The number of furan rings is 1. The first-order chi connectivity index (χ1) is 17.8. The van der Waals surface area contributed by atoms with Gasteiger partial charge in [-0.1, -0.05) is 63.9 Å². The minimum atomic E-state index is -1.56. The van der Waals surface area contributed by atoms with Crippen molar-refractivity contribution in [2.45, 2.75) is 11.5 Å². The van der Waals surface area contributed by atoms with Crippen LogP contribution in [0, 0.1) is 5.92 Å². The average Bonchev–Trinajstić information content (AvgIpc) is 3.56. The van der Waals surface area contributed by atoms with E-state index < -0.39 is 17.4 Å². The SMILES string of the molecule is CN1C[C@H](C(=O)c2ccc(Br)cc2)[C@@H](c2ccc(-c3ccc(Cl)cc3)o2)C12C(=O)c1ccccc1C2=O. The van der Waals surface area contributed by atoms with Gasteiger partial charge in [0.2, 0.25) is 0 Å². The average molecular weight is 575 g/mol. The zero-order valence-corrected chi connectivity index (χ0v) is 22.1. The highest BCUT2D eigenvalue weighted by Gasteiger charge is 2.68. The predicted molar refractivity (Wildman–Crippen MR) is 144 cm³/mol. The minimum Gasteiger partial charge on any atom is -0.461 e. The second-order valence-electron chi connectivity index (χ2n) is 9.51. The molecule has 3 aromatic carbocycles. The molecule has 0 saturated carbocycles. The van der Waals surface area contributed by atoms with Crippen LogP contribution in [0.3, 0.4) is 0 Å². The smallest absolute Gasteiger partial charge is 0.192 e. The van der Waals surface area contributed by atoms with Gasteiger partial charge in [0.05, 0.1) is 5.92 Å². The monoisotopic (exact) mass is 573 g/mol. The number of fused-ring (bicyclic) bond motifs is 1. The van der Waals surface area contributed by atoms with E-state index in [0.29, 0.717) is 33.2 Å². The Morgan fingerprint density at radius 2 is 1.54 bits per heavy atom. The van der Waals surface area contributed by atoms with Gasteiger partial charge in [-0.2, -0.15) is 0 Å². The van der Waals surface area contributed by atoms with Crippen LogP contribution < -0.4 is 0 Å². The number of benzene rings is 3. The van der Waals surface area contributed by atoms with E-state index in [1.165, 1.54) is 0 Å². The van der Waals surface area contributed by atoms with Crippen molar-refractivity contribution in [2.24, 2.45) is 5.92 Å². The summed E-state index contributed by atoms with van der Waals surface area (Å²) in [6.07, 6.45) is 0. The summed E-state index contributed by atoms with van der Waals surface area (Å²) in [5.74, 6) is -1.20. The largest absolute Gasteiger partial charge is 0.461 e. The second-order valence-corrected chi connectivity index (χ2v) is 10.9. The number of rotatable bonds is 4. The summed E-state index contributed by atoms with van der Waals surface area (Å²) in [6.45, 7) is 0.238. The quantitative estimate of drug-likeness (QED) is 0.200. The van der Waals surface area contributed by atoms with Crippen LogP contribution in [0.4, 0.5) is 0 Å². The number of carbonyl (C=O) groups is 3. The number of likely N-dealkylation sites (tertiary alicyclic amines) is 1. The van der Waals surface area contributed by atoms with E-state index in [1.54, 1.807) is 66.5 Å². The van der Waals surface area contributed by atoms with Crippen molar-refractivity contribution >= 4 is 44.9 Å². The molecule has 6 rings (SSSR count). The molecule has 1 aromatic heterocycles. The van der Waals surface area contributed by atoms with Gasteiger partial charge in [0.15, 0.2) is 22.9 Å².